The quantitative estimate of drug-likeness (QED) is 0.919. The molecule has 0 aliphatic carbocycles. The minimum absolute atomic E-state index is 0.194. The monoisotopic (exact) mass is 276 g/mol. The summed E-state index contributed by atoms with van der Waals surface area (Å²) in [6.07, 6.45) is 1.79. The van der Waals surface area contributed by atoms with Crippen molar-refractivity contribution in [3.05, 3.63) is 35.9 Å². The van der Waals surface area contributed by atoms with Crippen LogP contribution in [-0.2, 0) is 11.3 Å². The Kier molecular flexibility index (Phi) is 5.41. The first-order chi connectivity index (χ1) is 9.76. The molecule has 2 atom stereocenters. The zero-order valence-corrected chi connectivity index (χ0v) is 12.3. The first-order valence-corrected chi connectivity index (χ1v) is 7.47. The molecule has 0 saturated carbocycles. The van der Waals surface area contributed by atoms with E-state index in [0.29, 0.717) is 12.6 Å². The number of rotatable bonds is 4. The highest BCUT2D eigenvalue weighted by atomic mass is 16.6. The number of carbonyl (C=O) groups is 1. The lowest BCUT2D eigenvalue weighted by Crippen LogP contribution is -2.59. The maximum absolute atomic E-state index is 12.3. The van der Waals surface area contributed by atoms with Crippen molar-refractivity contribution in [2.24, 2.45) is 0 Å². The summed E-state index contributed by atoms with van der Waals surface area (Å²) in [5.41, 5.74) is 1.02. The molecule has 2 rings (SSSR count). The Morgan fingerprint density at radius 3 is 2.70 bits per heavy atom. The summed E-state index contributed by atoms with van der Waals surface area (Å²) in [5.74, 6) is 0. The molecule has 0 bridgehead atoms. The molecule has 1 heterocycles. The van der Waals surface area contributed by atoms with E-state index in [0.717, 1.165) is 31.5 Å². The molecule has 1 aromatic rings. The van der Waals surface area contributed by atoms with Crippen LogP contribution in [0.5, 0.6) is 0 Å². The molecule has 4 heteroatoms. The van der Waals surface area contributed by atoms with Crippen molar-refractivity contribution in [1.82, 2.24) is 10.2 Å². The largest absolute Gasteiger partial charge is 0.445 e. The summed E-state index contributed by atoms with van der Waals surface area (Å²) in [6, 6.07) is 10.4. The molecule has 2 unspecified atom stereocenters. The maximum Gasteiger partial charge on any atom is 0.410 e. The van der Waals surface area contributed by atoms with Crippen LogP contribution in [-0.4, -0.2) is 36.2 Å². The van der Waals surface area contributed by atoms with Crippen LogP contribution in [0.2, 0.25) is 0 Å². The molecular formula is C16H24N2O2. The fraction of sp³-hybridized carbons (Fsp3) is 0.562. The van der Waals surface area contributed by atoms with E-state index in [9.17, 15) is 4.79 Å². The van der Waals surface area contributed by atoms with Gasteiger partial charge in [0.1, 0.15) is 6.61 Å². The van der Waals surface area contributed by atoms with Gasteiger partial charge in [-0.2, -0.15) is 0 Å². The topological polar surface area (TPSA) is 41.6 Å². The van der Waals surface area contributed by atoms with Crippen molar-refractivity contribution in [2.75, 3.05) is 13.1 Å². The second kappa shape index (κ2) is 7.29. The predicted molar refractivity (Wildman–Crippen MR) is 79.5 cm³/mol. The zero-order valence-electron chi connectivity index (χ0n) is 12.3. The molecule has 0 radical (unpaired) electrons. The number of benzene rings is 1. The fourth-order valence-electron chi connectivity index (χ4n) is 2.84. The average Bonchev–Trinajstić information content (AvgIpc) is 2.52. The van der Waals surface area contributed by atoms with Gasteiger partial charge in [-0.3, -0.25) is 0 Å². The number of ether oxygens (including phenoxy) is 1. The van der Waals surface area contributed by atoms with E-state index in [4.69, 9.17) is 4.74 Å². The van der Waals surface area contributed by atoms with Crippen molar-refractivity contribution < 1.29 is 9.53 Å². The summed E-state index contributed by atoms with van der Waals surface area (Å²) in [7, 11) is 0. The molecule has 0 spiro atoms. The molecule has 110 valence electrons. The Bertz CT molecular complexity index is 422. The van der Waals surface area contributed by atoms with Gasteiger partial charge in [-0.05, 0) is 18.4 Å². The highest BCUT2D eigenvalue weighted by molar-refractivity contribution is 5.68. The van der Waals surface area contributed by atoms with E-state index >= 15 is 0 Å². The molecule has 1 amide bonds. The Balaban J connectivity index is 1.93. The molecule has 1 saturated heterocycles. The van der Waals surface area contributed by atoms with Crippen LogP contribution in [0.4, 0.5) is 4.79 Å². The second-order valence-electron chi connectivity index (χ2n) is 5.18. The number of nitrogens with zero attached hydrogens (tertiary/aromatic N) is 1. The van der Waals surface area contributed by atoms with E-state index in [1.807, 2.05) is 35.2 Å². The molecular weight excluding hydrogens is 252 g/mol. The zero-order chi connectivity index (χ0) is 14.4. The number of carbonyl (C=O) groups excluding carboxylic acids is 1. The number of hydrogen-bond acceptors (Lipinski definition) is 3. The van der Waals surface area contributed by atoms with Gasteiger partial charge in [0, 0.05) is 19.1 Å². The summed E-state index contributed by atoms with van der Waals surface area (Å²) in [4.78, 5) is 14.2. The third-order valence-corrected chi connectivity index (χ3v) is 3.92. The van der Waals surface area contributed by atoms with Gasteiger partial charge in [-0.25, -0.2) is 4.79 Å². The molecule has 4 nitrogen and oxygen atoms in total. The standard InChI is InChI=1S/C16H24N2O2/c1-3-14-15(4-2)18(11-10-17-14)16(19)20-12-13-8-6-5-7-9-13/h5-9,14-15,17H,3-4,10-12H2,1-2H3. The molecule has 0 aromatic heterocycles. The highest BCUT2D eigenvalue weighted by Gasteiger charge is 2.32. The number of amides is 1. The first-order valence-electron chi connectivity index (χ1n) is 7.47. The number of hydrogen-bond donors (Lipinski definition) is 1. The van der Waals surface area contributed by atoms with Gasteiger partial charge in [0.05, 0.1) is 6.04 Å². The van der Waals surface area contributed by atoms with Gasteiger partial charge in [0.2, 0.25) is 0 Å². The minimum atomic E-state index is -0.194. The van der Waals surface area contributed by atoms with Crippen LogP contribution >= 0.6 is 0 Å². The Morgan fingerprint density at radius 2 is 2.05 bits per heavy atom. The first kappa shape index (κ1) is 14.9. The third kappa shape index (κ3) is 3.51. The minimum Gasteiger partial charge on any atom is -0.445 e. The SMILES string of the molecule is CCC1NCCN(C(=O)OCc2ccccc2)C1CC. The van der Waals surface area contributed by atoms with E-state index in [1.165, 1.54) is 0 Å². The highest BCUT2D eigenvalue weighted by Crippen LogP contribution is 2.17. The van der Waals surface area contributed by atoms with Crippen LogP contribution in [0.3, 0.4) is 0 Å². The number of piperazine rings is 1. The predicted octanol–water partition coefficient (Wildman–Crippen LogP) is 2.79. The van der Waals surface area contributed by atoms with E-state index in [-0.39, 0.29) is 12.1 Å². The Hall–Kier alpha value is -1.55. The number of nitrogens with one attached hydrogen (secondary N) is 1. The summed E-state index contributed by atoms with van der Waals surface area (Å²) in [5, 5.41) is 3.48. The van der Waals surface area contributed by atoms with Crippen LogP contribution in [0, 0.1) is 0 Å². The second-order valence-corrected chi connectivity index (χ2v) is 5.18. The van der Waals surface area contributed by atoms with Crippen LogP contribution < -0.4 is 5.32 Å². The summed E-state index contributed by atoms with van der Waals surface area (Å²) < 4.78 is 5.45. The lowest BCUT2D eigenvalue weighted by atomic mass is 9.99. The smallest absolute Gasteiger partial charge is 0.410 e. The van der Waals surface area contributed by atoms with Crippen LogP contribution in [0.15, 0.2) is 30.3 Å². The molecule has 20 heavy (non-hydrogen) atoms. The normalized spacial score (nSPS) is 22.6. The van der Waals surface area contributed by atoms with Crippen molar-refractivity contribution in [3.63, 3.8) is 0 Å². The molecule has 1 fully saturated rings. The third-order valence-electron chi connectivity index (χ3n) is 3.92. The van der Waals surface area contributed by atoms with Crippen molar-refractivity contribution in [2.45, 2.75) is 45.4 Å². The van der Waals surface area contributed by atoms with Crippen LogP contribution in [0.1, 0.15) is 32.3 Å². The molecule has 1 aliphatic rings. The van der Waals surface area contributed by atoms with E-state index in [1.54, 1.807) is 0 Å². The van der Waals surface area contributed by atoms with Gasteiger partial charge in [-0.15, -0.1) is 0 Å². The fourth-order valence-corrected chi connectivity index (χ4v) is 2.84. The Labute approximate surface area is 121 Å². The molecule has 1 N–H and O–H groups in total. The van der Waals surface area contributed by atoms with Gasteiger partial charge < -0.3 is 15.0 Å². The van der Waals surface area contributed by atoms with Crippen LogP contribution in [0.25, 0.3) is 0 Å². The maximum atomic E-state index is 12.3. The summed E-state index contributed by atoms with van der Waals surface area (Å²) in [6.45, 7) is 6.19. The lowest BCUT2D eigenvalue weighted by Gasteiger charge is -2.40. The van der Waals surface area contributed by atoms with Gasteiger partial charge >= 0.3 is 6.09 Å². The average molecular weight is 276 g/mol. The van der Waals surface area contributed by atoms with E-state index < -0.39 is 0 Å². The Morgan fingerprint density at radius 1 is 1.30 bits per heavy atom. The van der Waals surface area contributed by atoms with E-state index in [2.05, 4.69) is 19.2 Å². The molecule has 1 aromatic carbocycles. The van der Waals surface area contributed by atoms with Crippen molar-refractivity contribution >= 4 is 6.09 Å². The van der Waals surface area contributed by atoms with Gasteiger partial charge in [0.15, 0.2) is 0 Å². The van der Waals surface area contributed by atoms with Crippen molar-refractivity contribution in [1.29, 1.82) is 0 Å². The van der Waals surface area contributed by atoms with Gasteiger partial charge in [0.25, 0.3) is 0 Å². The van der Waals surface area contributed by atoms with Crippen molar-refractivity contribution in [3.8, 4) is 0 Å². The van der Waals surface area contributed by atoms with Gasteiger partial charge in [-0.1, -0.05) is 44.2 Å². The summed E-state index contributed by atoms with van der Waals surface area (Å²) >= 11 is 0. The lowest BCUT2D eigenvalue weighted by molar-refractivity contribution is 0.0575. The molecule has 1 aliphatic heterocycles.